The van der Waals surface area contributed by atoms with E-state index in [1.54, 1.807) is 0 Å². The van der Waals surface area contributed by atoms with Gasteiger partial charge in [-0.3, -0.25) is 4.79 Å². The van der Waals surface area contributed by atoms with E-state index in [1.165, 1.54) is 23.3 Å². The molecule has 3 rings (SSSR count). The van der Waals surface area contributed by atoms with Gasteiger partial charge in [-0.2, -0.15) is 0 Å². The number of nitrogens with one attached hydrogen (secondary N) is 1. The minimum atomic E-state index is -0.394. The van der Waals surface area contributed by atoms with Gasteiger partial charge in [0.15, 0.2) is 6.61 Å². The van der Waals surface area contributed by atoms with Crippen LogP contribution in [0.3, 0.4) is 0 Å². The van der Waals surface area contributed by atoms with Gasteiger partial charge in [0, 0.05) is 4.88 Å². The summed E-state index contributed by atoms with van der Waals surface area (Å²) in [6, 6.07) is 7.53. The molecule has 0 radical (unpaired) electrons. The molecule has 0 aliphatic heterocycles. The first-order chi connectivity index (χ1) is 12.1. The van der Waals surface area contributed by atoms with Gasteiger partial charge >= 0.3 is 5.97 Å². The third kappa shape index (κ3) is 4.02. The van der Waals surface area contributed by atoms with Gasteiger partial charge in [-0.05, 0) is 55.9 Å². The molecule has 0 saturated carbocycles. The molecule has 0 bridgehead atoms. The van der Waals surface area contributed by atoms with Gasteiger partial charge in [-0.15, -0.1) is 11.3 Å². The van der Waals surface area contributed by atoms with Crippen LogP contribution >= 0.6 is 11.3 Å². The van der Waals surface area contributed by atoms with Crippen LogP contribution < -0.4 is 10.1 Å². The van der Waals surface area contributed by atoms with Gasteiger partial charge in [0.25, 0.3) is 5.91 Å². The van der Waals surface area contributed by atoms with Crippen molar-refractivity contribution >= 4 is 28.2 Å². The fraction of sp³-hybridized carbons (Fsp3) is 0.368. The fourth-order valence-electron chi connectivity index (χ4n) is 2.99. The number of thiophene rings is 1. The number of fused-ring (bicyclic) bond motifs is 1. The number of hydrogen-bond acceptors (Lipinski definition) is 5. The van der Waals surface area contributed by atoms with E-state index in [4.69, 9.17) is 9.47 Å². The summed E-state index contributed by atoms with van der Waals surface area (Å²) in [4.78, 5) is 25.6. The van der Waals surface area contributed by atoms with Crippen molar-refractivity contribution in [2.45, 2.75) is 32.6 Å². The number of esters is 1. The Morgan fingerprint density at radius 2 is 2.04 bits per heavy atom. The molecule has 1 aromatic heterocycles. The van der Waals surface area contributed by atoms with E-state index in [0.29, 0.717) is 16.3 Å². The SMILES string of the molecule is COC(=O)c1c(NC(=O)COc2cccc(C)c2)sc2c1CCCC2. The van der Waals surface area contributed by atoms with Crippen molar-refractivity contribution < 1.29 is 19.1 Å². The standard InChI is InChI=1S/C19H21NO4S/c1-12-6-5-7-13(10-12)24-11-16(21)20-18-17(19(22)23-2)14-8-3-4-9-15(14)25-18/h5-7,10H,3-4,8-9,11H2,1-2H3,(H,20,21). The van der Waals surface area contributed by atoms with Crippen molar-refractivity contribution in [3.05, 3.63) is 45.8 Å². The molecule has 1 N–H and O–H groups in total. The Kier molecular flexibility index (Phi) is 5.38. The number of rotatable bonds is 5. The Labute approximate surface area is 151 Å². The molecule has 5 nitrogen and oxygen atoms in total. The van der Waals surface area contributed by atoms with Crippen LogP contribution in [-0.2, 0) is 22.4 Å². The summed E-state index contributed by atoms with van der Waals surface area (Å²) in [6.45, 7) is 1.86. The largest absolute Gasteiger partial charge is 0.484 e. The first-order valence-electron chi connectivity index (χ1n) is 8.30. The quantitative estimate of drug-likeness (QED) is 0.826. The number of carbonyl (C=O) groups is 2. The zero-order valence-corrected chi connectivity index (χ0v) is 15.2. The average molecular weight is 359 g/mol. The maximum atomic E-state index is 12.3. The number of methoxy groups -OCH3 is 1. The zero-order chi connectivity index (χ0) is 17.8. The first kappa shape index (κ1) is 17.5. The van der Waals surface area contributed by atoms with Crippen molar-refractivity contribution in [3.63, 3.8) is 0 Å². The predicted molar refractivity (Wildman–Crippen MR) is 97.6 cm³/mol. The number of benzene rings is 1. The second kappa shape index (κ2) is 7.70. The summed E-state index contributed by atoms with van der Waals surface area (Å²) in [5, 5.41) is 3.39. The van der Waals surface area contributed by atoms with Crippen LogP contribution in [0.25, 0.3) is 0 Å². The first-order valence-corrected chi connectivity index (χ1v) is 9.12. The lowest BCUT2D eigenvalue weighted by atomic mass is 9.95. The summed E-state index contributed by atoms with van der Waals surface area (Å²) in [5.41, 5.74) is 2.60. The molecule has 1 aliphatic carbocycles. The normalized spacial score (nSPS) is 13.0. The Hall–Kier alpha value is -2.34. The molecule has 1 heterocycles. The highest BCUT2D eigenvalue weighted by molar-refractivity contribution is 7.17. The lowest BCUT2D eigenvalue weighted by Crippen LogP contribution is -2.21. The number of aryl methyl sites for hydroxylation is 2. The van der Waals surface area contributed by atoms with Gasteiger partial charge < -0.3 is 14.8 Å². The fourth-order valence-corrected chi connectivity index (χ4v) is 4.28. The van der Waals surface area contributed by atoms with Gasteiger partial charge in [-0.25, -0.2) is 4.79 Å². The Morgan fingerprint density at radius 1 is 1.24 bits per heavy atom. The van der Waals surface area contributed by atoms with Crippen LogP contribution in [0.4, 0.5) is 5.00 Å². The van der Waals surface area contributed by atoms with E-state index in [-0.39, 0.29) is 12.5 Å². The molecule has 0 spiro atoms. The van der Waals surface area contributed by atoms with Crippen LogP contribution in [0.5, 0.6) is 5.75 Å². The maximum absolute atomic E-state index is 12.3. The number of anilines is 1. The van der Waals surface area contributed by atoms with E-state index in [1.807, 2.05) is 31.2 Å². The Balaban J connectivity index is 1.72. The monoisotopic (exact) mass is 359 g/mol. The van der Waals surface area contributed by atoms with Crippen molar-refractivity contribution in [2.24, 2.45) is 0 Å². The Morgan fingerprint density at radius 3 is 2.80 bits per heavy atom. The molecule has 25 heavy (non-hydrogen) atoms. The summed E-state index contributed by atoms with van der Waals surface area (Å²) < 4.78 is 10.4. The second-order valence-corrected chi connectivity index (χ2v) is 7.17. The maximum Gasteiger partial charge on any atom is 0.341 e. The molecule has 0 unspecified atom stereocenters. The van der Waals surface area contributed by atoms with E-state index in [2.05, 4.69) is 5.32 Å². The minimum absolute atomic E-state index is 0.105. The molecular weight excluding hydrogens is 338 g/mol. The highest BCUT2D eigenvalue weighted by atomic mass is 32.1. The number of amides is 1. The molecule has 0 saturated heterocycles. The summed E-state index contributed by atoms with van der Waals surface area (Å²) in [5.74, 6) is -0.0339. The highest BCUT2D eigenvalue weighted by Crippen LogP contribution is 2.38. The van der Waals surface area contributed by atoms with E-state index in [9.17, 15) is 9.59 Å². The second-order valence-electron chi connectivity index (χ2n) is 6.06. The zero-order valence-electron chi connectivity index (χ0n) is 14.4. The highest BCUT2D eigenvalue weighted by Gasteiger charge is 2.26. The van der Waals surface area contributed by atoms with Crippen molar-refractivity contribution in [1.29, 1.82) is 0 Å². The van der Waals surface area contributed by atoms with Crippen LogP contribution in [0.15, 0.2) is 24.3 Å². The molecule has 1 aromatic carbocycles. The van der Waals surface area contributed by atoms with Crippen LogP contribution in [0.2, 0.25) is 0 Å². The van der Waals surface area contributed by atoms with Crippen LogP contribution in [0, 0.1) is 6.92 Å². The van der Waals surface area contributed by atoms with Crippen LogP contribution in [0.1, 0.15) is 39.2 Å². The van der Waals surface area contributed by atoms with Gasteiger partial charge in [0.2, 0.25) is 0 Å². The number of hydrogen-bond donors (Lipinski definition) is 1. The molecule has 0 fully saturated rings. The topological polar surface area (TPSA) is 64.6 Å². The molecule has 6 heteroatoms. The van der Waals surface area contributed by atoms with Crippen LogP contribution in [-0.4, -0.2) is 25.6 Å². The molecule has 132 valence electrons. The van der Waals surface area contributed by atoms with Gasteiger partial charge in [0.1, 0.15) is 10.8 Å². The van der Waals surface area contributed by atoms with Crippen molar-refractivity contribution in [3.8, 4) is 5.75 Å². The van der Waals surface area contributed by atoms with E-state index >= 15 is 0 Å². The summed E-state index contributed by atoms with van der Waals surface area (Å²) in [7, 11) is 1.36. The molecule has 2 aromatic rings. The third-order valence-corrected chi connectivity index (χ3v) is 5.38. The summed E-state index contributed by atoms with van der Waals surface area (Å²) >= 11 is 1.47. The average Bonchev–Trinajstić information content (AvgIpc) is 2.97. The molecular formula is C19H21NO4S. The van der Waals surface area contributed by atoms with Crippen molar-refractivity contribution in [2.75, 3.05) is 19.0 Å². The minimum Gasteiger partial charge on any atom is -0.484 e. The number of carbonyl (C=O) groups excluding carboxylic acids is 2. The predicted octanol–water partition coefficient (Wildman–Crippen LogP) is 3.74. The van der Waals surface area contributed by atoms with Crippen molar-refractivity contribution in [1.82, 2.24) is 0 Å². The van der Waals surface area contributed by atoms with E-state index < -0.39 is 5.97 Å². The Bertz CT molecular complexity index is 797. The number of ether oxygens (including phenoxy) is 2. The molecule has 1 aliphatic rings. The lowest BCUT2D eigenvalue weighted by Gasteiger charge is -2.12. The lowest BCUT2D eigenvalue weighted by molar-refractivity contribution is -0.118. The van der Waals surface area contributed by atoms with Gasteiger partial charge in [-0.1, -0.05) is 12.1 Å². The van der Waals surface area contributed by atoms with E-state index in [0.717, 1.165) is 36.8 Å². The van der Waals surface area contributed by atoms with Gasteiger partial charge in [0.05, 0.1) is 12.7 Å². The smallest absolute Gasteiger partial charge is 0.341 e. The summed E-state index contributed by atoms with van der Waals surface area (Å²) in [6.07, 6.45) is 3.96. The molecule has 0 atom stereocenters. The third-order valence-electron chi connectivity index (χ3n) is 4.17. The molecule has 1 amide bonds.